The van der Waals surface area contributed by atoms with Gasteiger partial charge in [-0.05, 0) is 67.6 Å². The molecule has 1 saturated carbocycles. The van der Waals surface area contributed by atoms with Crippen molar-refractivity contribution in [1.82, 2.24) is 19.6 Å². The Bertz CT molecular complexity index is 1460. The molecule has 2 fully saturated rings. The molecule has 1 aliphatic heterocycles. The van der Waals surface area contributed by atoms with E-state index in [4.69, 9.17) is 5.73 Å². The van der Waals surface area contributed by atoms with E-state index in [9.17, 15) is 14.9 Å². The maximum Gasteiger partial charge on any atom is 0.293 e. The lowest BCUT2D eigenvalue weighted by atomic mass is 9.90. The molecule has 43 heavy (non-hydrogen) atoms. The number of anilines is 1. The molecule has 1 saturated heterocycles. The number of hydrogen-bond acceptors (Lipinski definition) is 7. The maximum atomic E-state index is 14.1. The SMILES string of the molecule is CN1CCN(c2ccc(-c3cccc(CN(C(=O)c4cc(C(C)(C)C)nn4C)C4CCC(N)CC4)c3)cc2[N+](=O)[O-])CC1. The number of aromatic nitrogens is 2. The summed E-state index contributed by atoms with van der Waals surface area (Å²) < 4.78 is 1.70. The Balaban J connectivity index is 1.44. The molecule has 2 heterocycles. The summed E-state index contributed by atoms with van der Waals surface area (Å²) in [5.41, 5.74) is 10.9. The summed E-state index contributed by atoms with van der Waals surface area (Å²) in [6.07, 6.45) is 3.49. The second-order valence-electron chi connectivity index (χ2n) is 13.2. The Hall–Kier alpha value is -3.76. The van der Waals surface area contributed by atoms with Gasteiger partial charge in [0, 0.05) is 63.3 Å². The number of hydrogen-bond donors (Lipinski definition) is 1. The number of benzene rings is 2. The lowest BCUT2D eigenvalue weighted by molar-refractivity contribution is -0.384. The van der Waals surface area contributed by atoms with E-state index in [0.717, 1.165) is 74.2 Å². The van der Waals surface area contributed by atoms with Gasteiger partial charge in [0.2, 0.25) is 0 Å². The van der Waals surface area contributed by atoms with Crippen LogP contribution in [0, 0.1) is 10.1 Å². The summed E-state index contributed by atoms with van der Waals surface area (Å²) in [6.45, 7) is 9.99. The fraction of sp³-hybridized carbons (Fsp3) is 0.515. The first kappa shape index (κ1) is 30.7. The molecule has 0 atom stereocenters. The van der Waals surface area contributed by atoms with Crippen LogP contribution in [0.3, 0.4) is 0 Å². The standard InChI is InChI=1S/C33H45N7O3/c1-33(2,3)31-21-30(37(5)35-31)32(41)39(27-12-10-26(34)11-13-27)22-23-7-6-8-24(19-23)25-9-14-28(29(20-25)40(42)43)38-17-15-36(4)16-18-38/h6-9,14,19-21,26-27H,10-13,15-18,22,34H2,1-5H3. The molecule has 3 aromatic rings. The molecule has 0 bridgehead atoms. The Labute approximate surface area is 254 Å². The van der Waals surface area contributed by atoms with Crippen LogP contribution in [0.25, 0.3) is 11.1 Å². The Kier molecular flexibility index (Phi) is 8.89. The molecule has 0 unspecified atom stereocenters. The van der Waals surface area contributed by atoms with Crippen LogP contribution in [0.1, 0.15) is 68.2 Å². The van der Waals surface area contributed by atoms with Gasteiger partial charge < -0.3 is 20.4 Å². The van der Waals surface area contributed by atoms with Gasteiger partial charge in [-0.3, -0.25) is 19.6 Å². The van der Waals surface area contributed by atoms with Crippen molar-refractivity contribution >= 4 is 17.3 Å². The number of carbonyl (C=O) groups is 1. The number of likely N-dealkylation sites (N-methyl/N-ethyl adjacent to an activating group) is 1. The quantitative estimate of drug-likeness (QED) is 0.307. The lowest BCUT2D eigenvalue weighted by Gasteiger charge is -2.36. The molecule has 10 nitrogen and oxygen atoms in total. The molecule has 0 radical (unpaired) electrons. The third-order valence-electron chi connectivity index (χ3n) is 8.94. The van der Waals surface area contributed by atoms with E-state index in [-0.39, 0.29) is 34.0 Å². The minimum Gasteiger partial charge on any atom is -0.363 e. The van der Waals surface area contributed by atoms with Crippen LogP contribution in [0.4, 0.5) is 11.4 Å². The van der Waals surface area contributed by atoms with Crippen molar-refractivity contribution in [2.24, 2.45) is 12.8 Å². The summed E-state index contributed by atoms with van der Waals surface area (Å²) in [7, 11) is 3.90. The lowest BCUT2D eigenvalue weighted by Crippen LogP contribution is -2.44. The van der Waals surface area contributed by atoms with E-state index in [1.165, 1.54) is 0 Å². The first-order chi connectivity index (χ1) is 20.4. The predicted molar refractivity (Wildman–Crippen MR) is 170 cm³/mol. The van der Waals surface area contributed by atoms with Crippen LogP contribution < -0.4 is 10.6 Å². The number of amides is 1. The highest BCUT2D eigenvalue weighted by molar-refractivity contribution is 5.93. The number of aryl methyl sites for hydroxylation is 1. The average Bonchev–Trinajstić information content (AvgIpc) is 3.38. The Morgan fingerprint density at radius 3 is 2.30 bits per heavy atom. The molecule has 0 spiro atoms. The normalized spacial score (nSPS) is 19.8. The zero-order chi connectivity index (χ0) is 30.9. The topological polar surface area (TPSA) is 114 Å². The van der Waals surface area contributed by atoms with Crippen molar-refractivity contribution in [3.05, 3.63) is 75.6 Å². The van der Waals surface area contributed by atoms with E-state index >= 15 is 0 Å². The Morgan fingerprint density at radius 1 is 1.00 bits per heavy atom. The molecule has 2 aromatic carbocycles. The van der Waals surface area contributed by atoms with E-state index in [1.54, 1.807) is 10.7 Å². The minimum atomic E-state index is -0.283. The van der Waals surface area contributed by atoms with Crippen molar-refractivity contribution in [3.8, 4) is 11.1 Å². The molecular formula is C33H45N7O3. The average molecular weight is 588 g/mol. The van der Waals surface area contributed by atoms with Crippen molar-refractivity contribution in [3.63, 3.8) is 0 Å². The number of piperazine rings is 1. The van der Waals surface area contributed by atoms with Crippen LogP contribution in [0.2, 0.25) is 0 Å². The van der Waals surface area contributed by atoms with Gasteiger partial charge in [0.1, 0.15) is 11.4 Å². The summed E-state index contributed by atoms with van der Waals surface area (Å²) in [5.74, 6) is -0.0384. The minimum absolute atomic E-state index is 0.0384. The van der Waals surface area contributed by atoms with Gasteiger partial charge in [0.15, 0.2) is 0 Å². The van der Waals surface area contributed by atoms with Crippen molar-refractivity contribution < 1.29 is 9.72 Å². The fourth-order valence-electron chi connectivity index (χ4n) is 6.17. The third-order valence-corrected chi connectivity index (χ3v) is 8.94. The van der Waals surface area contributed by atoms with Crippen LogP contribution >= 0.6 is 0 Å². The second kappa shape index (κ2) is 12.5. The maximum absolute atomic E-state index is 14.1. The summed E-state index contributed by atoms with van der Waals surface area (Å²) in [6, 6.07) is 15.7. The molecule has 230 valence electrons. The summed E-state index contributed by atoms with van der Waals surface area (Å²) in [5, 5.41) is 16.8. The molecule has 2 aliphatic rings. The zero-order valence-electron chi connectivity index (χ0n) is 26.1. The Morgan fingerprint density at radius 2 is 1.67 bits per heavy atom. The molecule has 5 rings (SSSR count). The molecule has 10 heteroatoms. The number of carbonyl (C=O) groups excluding carboxylic acids is 1. The van der Waals surface area contributed by atoms with Gasteiger partial charge in [-0.15, -0.1) is 0 Å². The first-order valence-electron chi connectivity index (χ1n) is 15.3. The summed E-state index contributed by atoms with van der Waals surface area (Å²) in [4.78, 5) is 32.3. The van der Waals surface area contributed by atoms with Crippen LogP contribution in [-0.4, -0.2) is 75.7 Å². The molecular weight excluding hydrogens is 542 g/mol. The highest BCUT2D eigenvalue weighted by Crippen LogP contribution is 2.35. The van der Waals surface area contributed by atoms with Crippen molar-refractivity contribution in [2.75, 3.05) is 38.1 Å². The van der Waals surface area contributed by atoms with Gasteiger partial charge in [-0.25, -0.2) is 0 Å². The van der Waals surface area contributed by atoms with Gasteiger partial charge in [-0.1, -0.05) is 45.0 Å². The zero-order valence-corrected chi connectivity index (χ0v) is 26.1. The first-order valence-corrected chi connectivity index (χ1v) is 15.3. The molecule has 1 amide bonds. The largest absolute Gasteiger partial charge is 0.363 e. The highest BCUT2D eigenvalue weighted by Gasteiger charge is 2.31. The van der Waals surface area contributed by atoms with Gasteiger partial charge in [0.25, 0.3) is 11.6 Å². The molecule has 2 N–H and O–H groups in total. The van der Waals surface area contributed by atoms with E-state index in [2.05, 4.69) is 42.7 Å². The van der Waals surface area contributed by atoms with Crippen LogP contribution in [0.15, 0.2) is 48.5 Å². The van der Waals surface area contributed by atoms with Crippen molar-refractivity contribution in [1.29, 1.82) is 0 Å². The van der Waals surface area contributed by atoms with Crippen molar-refractivity contribution in [2.45, 2.75) is 70.5 Å². The number of nitro benzene ring substituents is 1. The monoisotopic (exact) mass is 587 g/mol. The smallest absolute Gasteiger partial charge is 0.293 e. The van der Waals surface area contributed by atoms with Gasteiger partial charge in [-0.2, -0.15) is 5.10 Å². The molecule has 1 aliphatic carbocycles. The number of nitro groups is 1. The predicted octanol–water partition coefficient (Wildman–Crippen LogP) is 4.96. The van der Waals surface area contributed by atoms with E-state index < -0.39 is 0 Å². The number of nitrogens with two attached hydrogens (primary N) is 1. The third kappa shape index (κ3) is 6.91. The highest BCUT2D eigenvalue weighted by atomic mass is 16.6. The van der Waals surface area contributed by atoms with Crippen LogP contribution in [-0.2, 0) is 19.0 Å². The molecule has 1 aromatic heterocycles. The van der Waals surface area contributed by atoms with E-state index in [1.807, 2.05) is 54.4 Å². The van der Waals surface area contributed by atoms with Crippen LogP contribution in [0.5, 0.6) is 0 Å². The number of rotatable bonds is 7. The van der Waals surface area contributed by atoms with Gasteiger partial charge >= 0.3 is 0 Å². The second-order valence-corrected chi connectivity index (χ2v) is 13.2. The summed E-state index contributed by atoms with van der Waals surface area (Å²) >= 11 is 0. The van der Waals surface area contributed by atoms with E-state index in [0.29, 0.717) is 17.9 Å². The fourth-order valence-corrected chi connectivity index (χ4v) is 6.17. The van der Waals surface area contributed by atoms with Gasteiger partial charge in [0.05, 0.1) is 10.6 Å². The number of nitrogens with zero attached hydrogens (tertiary/aromatic N) is 6.